The number of aliphatic hydroxyl groups excluding tert-OH is 1. The van der Waals surface area contributed by atoms with Crippen LogP contribution in [0.1, 0.15) is 11.7 Å². The minimum absolute atomic E-state index is 0.288. The van der Waals surface area contributed by atoms with Gasteiger partial charge in [-0.3, -0.25) is 0 Å². The maximum Gasteiger partial charge on any atom is 0.125 e. The summed E-state index contributed by atoms with van der Waals surface area (Å²) in [5.74, 6) is -0.288. The molecule has 0 aliphatic carbocycles. The number of hydrogen-bond acceptors (Lipinski definition) is 2. The summed E-state index contributed by atoms with van der Waals surface area (Å²) >= 11 is 0. The average Bonchev–Trinajstić information content (AvgIpc) is 2.37. The van der Waals surface area contributed by atoms with E-state index in [4.69, 9.17) is 0 Å². The summed E-state index contributed by atoms with van der Waals surface area (Å²) in [4.78, 5) is 0. The third-order valence-electron chi connectivity index (χ3n) is 2.51. The van der Waals surface area contributed by atoms with E-state index in [-0.39, 0.29) is 5.82 Å². The molecule has 0 aromatic heterocycles. The van der Waals surface area contributed by atoms with Crippen molar-refractivity contribution in [3.8, 4) is 0 Å². The van der Waals surface area contributed by atoms with Crippen LogP contribution in [0.15, 0.2) is 54.6 Å². The standard InChI is InChI=1S/C14H14FNO/c15-12-7-4-8-13(9-12)16-10-14(17)11-5-2-1-3-6-11/h1-9,14,16-17H,10H2. The first kappa shape index (κ1) is 11.6. The highest BCUT2D eigenvalue weighted by molar-refractivity contribution is 5.43. The topological polar surface area (TPSA) is 32.3 Å². The number of hydrogen-bond donors (Lipinski definition) is 2. The van der Waals surface area contributed by atoms with Crippen LogP contribution in [0.5, 0.6) is 0 Å². The van der Waals surface area contributed by atoms with Crippen molar-refractivity contribution >= 4 is 5.69 Å². The van der Waals surface area contributed by atoms with E-state index in [0.29, 0.717) is 12.2 Å². The summed E-state index contributed by atoms with van der Waals surface area (Å²) < 4.78 is 12.9. The zero-order valence-electron chi connectivity index (χ0n) is 9.31. The highest BCUT2D eigenvalue weighted by atomic mass is 19.1. The SMILES string of the molecule is OC(CNc1cccc(F)c1)c1ccccc1. The molecule has 0 aliphatic rings. The van der Waals surface area contributed by atoms with Gasteiger partial charge in [0.15, 0.2) is 0 Å². The van der Waals surface area contributed by atoms with Crippen molar-refractivity contribution in [1.29, 1.82) is 0 Å². The molecule has 88 valence electrons. The molecule has 0 bridgehead atoms. The van der Waals surface area contributed by atoms with E-state index in [9.17, 15) is 9.50 Å². The summed E-state index contributed by atoms with van der Waals surface area (Å²) in [5.41, 5.74) is 1.51. The quantitative estimate of drug-likeness (QED) is 0.847. The predicted octanol–water partition coefficient (Wildman–Crippen LogP) is 2.97. The smallest absolute Gasteiger partial charge is 0.125 e. The van der Waals surface area contributed by atoms with Gasteiger partial charge in [0.25, 0.3) is 0 Å². The number of benzene rings is 2. The molecule has 2 aromatic rings. The van der Waals surface area contributed by atoms with Gasteiger partial charge in [0.1, 0.15) is 5.82 Å². The van der Waals surface area contributed by atoms with Crippen LogP contribution in [-0.4, -0.2) is 11.7 Å². The third kappa shape index (κ3) is 3.29. The largest absolute Gasteiger partial charge is 0.387 e. The van der Waals surface area contributed by atoms with Crippen molar-refractivity contribution in [2.45, 2.75) is 6.10 Å². The molecule has 0 spiro atoms. The van der Waals surface area contributed by atoms with Crippen LogP contribution >= 0.6 is 0 Å². The molecule has 2 nitrogen and oxygen atoms in total. The number of aliphatic hydroxyl groups is 1. The van der Waals surface area contributed by atoms with E-state index in [1.807, 2.05) is 30.3 Å². The predicted molar refractivity (Wildman–Crippen MR) is 66.3 cm³/mol. The second kappa shape index (κ2) is 5.46. The van der Waals surface area contributed by atoms with E-state index in [1.165, 1.54) is 12.1 Å². The molecule has 0 saturated heterocycles. The third-order valence-corrected chi connectivity index (χ3v) is 2.51. The van der Waals surface area contributed by atoms with Crippen molar-refractivity contribution in [2.24, 2.45) is 0 Å². The number of rotatable bonds is 4. The fraction of sp³-hybridized carbons (Fsp3) is 0.143. The molecule has 1 unspecified atom stereocenters. The van der Waals surface area contributed by atoms with E-state index in [1.54, 1.807) is 12.1 Å². The van der Waals surface area contributed by atoms with E-state index in [2.05, 4.69) is 5.32 Å². The van der Waals surface area contributed by atoms with Crippen LogP contribution < -0.4 is 5.32 Å². The second-order valence-corrected chi connectivity index (χ2v) is 3.82. The summed E-state index contributed by atoms with van der Waals surface area (Å²) in [6.45, 7) is 0.355. The Balaban J connectivity index is 1.95. The zero-order chi connectivity index (χ0) is 12.1. The molecule has 2 aromatic carbocycles. The second-order valence-electron chi connectivity index (χ2n) is 3.82. The Morgan fingerprint density at radius 3 is 2.53 bits per heavy atom. The fourth-order valence-electron chi connectivity index (χ4n) is 1.61. The maximum atomic E-state index is 12.9. The molecule has 0 amide bonds. The molecule has 3 heteroatoms. The van der Waals surface area contributed by atoms with Crippen LogP contribution in [0.4, 0.5) is 10.1 Å². The Bertz CT molecular complexity index is 473. The van der Waals surface area contributed by atoms with Gasteiger partial charge in [-0.05, 0) is 23.8 Å². The van der Waals surface area contributed by atoms with Crippen LogP contribution in [0.2, 0.25) is 0 Å². The zero-order valence-corrected chi connectivity index (χ0v) is 9.31. The van der Waals surface area contributed by atoms with Crippen LogP contribution in [-0.2, 0) is 0 Å². The minimum Gasteiger partial charge on any atom is -0.387 e. The lowest BCUT2D eigenvalue weighted by Crippen LogP contribution is -2.12. The van der Waals surface area contributed by atoms with Crippen LogP contribution in [0, 0.1) is 5.82 Å². The molecule has 1 atom stereocenters. The van der Waals surface area contributed by atoms with Gasteiger partial charge in [-0.15, -0.1) is 0 Å². The summed E-state index contributed by atoms with van der Waals surface area (Å²) in [6.07, 6.45) is -0.598. The summed E-state index contributed by atoms with van der Waals surface area (Å²) in [5, 5.41) is 12.9. The number of anilines is 1. The first-order valence-electron chi connectivity index (χ1n) is 5.48. The normalized spacial score (nSPS) is 12.1. The molecule has 2 N–H and O–H groups in total. The van der Waals surface area contributed by atoms with Crippen LogP contribution in [0.3, 0.4) is 0 Å². The van der Waals surface area contributed by atoms with Gasteiger partial charge in [0, 0.05) is 12.2 Å². The molecule has 17 heavy (non-hydrogen) atoms. The Labute approximate surface area is 99.7 Å². The molecular formula is C14H14FNO. The van der Waals surface area contributed by atoms with Crippen molar-refractivity contribution in [1.82, 2.24) is 0 Å². The van der Waals surface area contributed by atoms with Crippen molar-refractivity contribution in [3.05, 3.63) is 66.0 Å². The Hall–Kier alpha value is -1.87. The van der Waals surface area contributed by atoms with Gasteiger partial charge in [-0.1, -0.05) is 36.4 Å². The van der Waals surface area contributed by atoms with Gasteiger partial charge < -0.3 is 10.4 Å². The van der Waals surface area contributed by atoms with Crippen LogP contribution in [0.25, 0.3) is 0 Å². The summed E-state index contributed by atoms with van der Waals surface area (Å²) in [7, 11) is 0. The van der Waals surface area contributed by atoms with Gasteiger partial charge >= 0.3 is 0 Å². The number of halogens is 1. The van der Waals surface area contributed by atoms with Gasteiger partial charge in [0.2, 0.25) is 0 Å². The molecule has 0 heterocycles. The maximum absolute atomic E-state index is 12.9. The summed E-state index contributed by atoms with van der Waals surface area (Å²) in [6, 6.07) is 15.6. The lowest BCUT2D eigenvalue weighted by molar-refractivity contribution is 0.191. The minimum atomic E-state index is -0.598. The van der Waals surface area contributed by atoms with E-state index < -0.39 is 6.10 Å². The lowest BCUT2D eigenvalue weighted by atomic mass is 10.1. The molecule has 0 radical (unpaired) electrons. The van der Waals surface area contributed by atoms with Crippen molar-refractivity contribution in [2.75, 3.05) is 11.9 Å². The first-order valence-corrected chi connectivity index (χ1v) is 5.48. The number of nitrogens with one attached hydrogen (secondary N) is 1. The molecule has 2 rings (SSSR count). The highest BCUT2D eigenvalue weighted by Crippen LogP contribution is 2.14. The van der Waals surface area contributed by atoms with E-state index >= 15 is 0 Å². The average molecular weight is 231 g/mol. The lowest BCUT2D eigenvalue weighted by Gasteiger charge is -2.13. The Morgan fingerprint density at radius 1 is 1.06 bits per heavy atom. The van der Waals surface area contributed by atoms with Gasteiger partial charge in [-0.2, -0.15) is 0 Å². The molecule has 0 fully saturated rings. The first-order chi connectivity index (χ1) is 8.25. The monoisotopic (exact) mass is 231 g/mol. The molecule has 0 aliphatic heterocycles. The van der Waals surface area contributed by atoms with Crippen molar-refractivity contribution in [3.63, 3.8) is 0 Å². The fourth-order valence-corrected chi connectivity index (χ4v) is 1.61. The molecular weight excluding hydrogens is 217 g/mol. The van der Waals surface area contributed by atoms with Gasteiger partial charge in [0.05, 0.1) is 6.10 Å². The Morgan fingerprint density at radius 2 is 1.82 bits per heavy atom. The molecule has 0 saturated carbocycles. The van der Waals surface area contributed by atoms with Crippen molar-refractivity contribution < 1.29 is 9.50 Å². The highest BCUT2D eigenvalue weighted by Gasteiger charge is 2.06. The Kier molecular flexibility index (Phi) is 3.73. The van der Waals surface area contributed by atoms with E-state index in [0.717, 1.165) is 5.56 Å². The van der Waals surface area contributed by atoms with Gasteiger partial charge in [-0.25, -0.2) is 4.39 Å².